The van der Waals surface area contributed by atoms with E-state index in [1.54, 1.807) is 50.3 Å². The number of carbonyl (C=O) groups excluding carboxylic acids is 1. The van der Waals surface area contributed by atoms with Crippen molar-refractivity contribution >= 4 is 46.6 Å². The van der Waals surface area contributed by atoms with Crippen molar-refractivity contribution in [3.8, 4) is 23.0 Å². The molecule has 0 radical (unpaired) electrons. The largest absolute Gasteiger partial charge is 0.493 e. The Balaban J connectivity index is 1.60. The molecule has 0 fully saturated rings. The normalized spacial score (nSPS) is 14.5. The molecule has 1 atom stereocenters. The zero-order valence-electron chi connectivity index (χ0n) is 26.8. The molecule has 2 heterocycles. The third-order valence-electron chi connectivity index (χ3n) is 7.26. The van der Waals surface area contributed by atoms with Gasteiger partial charge in [-0.1, -0.05) is 58.8 Å². The monoisotopic (exact) mass is 696 g/mol. The Morgan fingerprint density at radius 1 is 1.02 bits per heavy atom. The lowest BCUT2D eigenvalue weighted by Crippen LogP contribution is -2.40. The summed E-state index contributed by atoms with van der Waals surface area (Å²) < 4.78 is 30.4. The Kier molecular flexibility index (Phi) is 10.6. The number of aromatic nitrogens is 1. The minimum atomic E-state index is -0.826. The number of esters is 1. The number of nitrogens with zero attached hydrogens (tertiary/aromatic N) is 2. The minimum absolute atomic E-state index is 0.0835. The van der Waals surface area contributed by atoms with Crippen LogP contribution in [0.2, 0.25) is 10.0 Å². The fourth-order valence-corrected chi connectivity index (χ4v) is 6.70. The maximum absolute atomic E-state index is 14.1. The van der Waals surface area contributed by atoms with Gasteiger partial charge in [-0.25, -0.2) is 9.79 Å². The quantitative estimate of drug-likeness (QED) is 0.165. The van der Waals surface area contributed by atoms with Gasteiger partial charge in [0.05, 0.1) is 53.8 Å². The molecule has 47 heavy (non-hydrogen) atoms. The standard InChI is InChI=1S/C35H34Cl2N2O7S/c1-7-44-34(41)30-20(4)38-35-39(31(30)22-12-13-26(46-19(2)3)27(17-22)42-5)33(40)29(47-35)16-21-14-25(37)32(28(15-21)43-6)45-18-23-10-8-9-11-24(23)36/h8-17,19,31H,7,18H2,1-6H3/b29-16-/t31-/m0/s1. The van der Waals surface area contributed by atoms with Crippen molar-refractivity contribution in [1.29, 1.82) is 0 Å². The van der Waals surface area contributed by atoms with Crippen molar-refractivity contribution < 1.29 is 28.5 Å². The zero-order valence-corrected chi connectivity index (χ0v) is 29.1. The highest BCUT2D eigenvalue weighted by atomic mass is 35.5. The number of hydrogen-bond acceptors (Lipinski definition) is 9. The highest BCUT2D eigenvalue weighted by Crippen LogP contribution is 2.38. The maximum atomic E-state index is 14.1. The second-order valence-electron chi connectivity index (χ2n) is 10.8. The van der Waals surface area contributed by atoms with E-state index in [0.29, 0.717) is 59.2 Å². The van der Waals surface area contributed by atoms with Crippen LogP contribution in [0.5, 0.6) is 23.0 Å². The fourth-order valence-electron chi connectivity index (χ4n) is 5.19. The third-order valence-corrected chi connectivity index (χ3v) is 8.89. The third kappa shape index (κ3) is 7.20. The highest BCUT2D eigenvalue weighted by molar-refractivity contribution is 7.07. The smallest absolute Gasteiger partial charge is 0.338 e. The van der Waals surface area contributed by atoms with Crippen LogP contribution in [-0.2, 0) is 16.1 Å². The SMILES string of the molecule is CCOC(=O)C1=C(C)N=c2s/c(=C\c3cc(Cl)c(OCc4ccccc4Cl)c(OC)c3)c(=O)n2[C@H]1c1ccc(OC(C)C)c(OC)c1. The Bertz CT molecular complexity index is 2030. The number of benzene rings is 3. The van der Waals surface area contributed by atoms with Gasteiger partial charge in [-0.3, -0.25) is 9.36 Å². The van der Waals surface area contributed by atoms with Crippen LogP contribution >= 0.6 is 34.5 Å². The van der Waals surface area contributed by atoms with Crippen LogP contribution in [0.1, 0.15) is 50.4 Å². The minimum Gasteiger partial charge on any atom is -0.493 e. The van der Waals surface area contributed by atoms with Gasteiger partial charge in [0.1, 0.15) is 6.61 Å². The predicted molar refractivity (Wildman–Crippen MR) is 183 cm³/mol. The lowest BCUT2D eigenvalue weighted by atomic mass is 9.95. The molecule has 1 aromatic heterocycles. The van der Waals surface area contributed by atoms with E-state index < -0.39 is 12.0 Å². The van der Waals surface area contributed by atoms with Gasteiger partial charge in [0, 0.05) is 10.6 Å². The summed E-state index contributed by atoms with van der Waals surface area (Å²) in [7, 11) is 3.05. The van der Waals surface area contributed by atoms with Crippen LogP contribution in [-0.4, -0.2) is 37.5 Å². The van der Waals surface area contributed by atoms with Crippen LogP contribution in [0.4, 0.5) is 0 Å². The van der Waals surface area contributed by atoms with Gasteiger partial charge >= 0.3 is 5.97 Å². The van der Waals surface area contributed by atoms with Crippen molar-refractivity contribution in [2.75, 3.05) is 20.8 Å². The zero-order chi connectivity index (χ0) is 33.8. The molecule has 0 aliphatic carbocycles. The Morgan fingerprint density at radius 3 is 2.45 bits per heavy atom. The summed E-state index contributed by atoms with van der Waals surface area (Å²) in [5, 5.41) is 0.872. The first kappa shape index (κ1) is 34.1. The van der Waals surface area contributed by atoms with E-state index in [-0.39, 0.29) is 30.5 Å². The van der Waals surface area contributed by atoms with E-state index >= 15 is 0 Å². The lowest BCUT2D eigenvalue weighted by molar-refractivity contribution is -0.139. The first-order chi connectivity index (χ1) is 22.6. The Hall–Kier alpha value is -4.25. The molecule has 4 aromatic rings. The molecule has 0 amide bonds. The van der Waals surface area contributed by atoms with Crippen molar-refractivity contribution in [2.24, 2.45) is 4.99 Å². The summed E-state index contributed by atoms with van der Waals surface area (Å²) in [5.74, 6) is 1.19. The molecule has 0 saturated carbocycles. The van der Waals surface area contributed by atoms with Crippen LogP contribution in [0.15, 0.2) is 75.7 Å². The van der Waals surface area contributed by atoms with Crippen molar-refractivity contribution in [3.05, 3.63) is 112 Å². The Labute approximate surface area is 286 Å². The second kappa shape index (κ2) is 14.7. The first-order valence-corrected chi connectivity index (χ1v) is 16.4. The molecule has 0 N–H and O–H groups in total. The molecule has 0 saturated heterocycles. The van der Waals surface area contributed by atoms with Gasteiger partial charge in [0.15, 0.2) is 27.8 Å². The molecule has 0 spiro atoms. The van der Waals surface area contributed by atoms with Crippen molar-refractivity contribution in [2.45, 2.75) is 46.4 Å². The molecule has 246 valence electrons. The van der Waals surface area contributed by atoms with E-state index in [0.717, 1.165) is 5.56 Å². The molecular weight excluding hydrogens is 663 g/mol. The molecule has 1 aliphatic rings. The summed E-state index contributed by atoms with van der Waals surface area (Å²) >= 11 is 14.2. The van der Waals surface area contributed by atoms with Gasteiger partial charge < -0.3 is 23.7 Å². The van der Waals surface area contributed by atoms with Gasteiger partial charge in [-0.05, 0) is 75.2 Å². The van der Waals surface area contributed by atoms with Crippen LogP contribution in [0.25, 0.3) is 6.08 Å². The summed E-state index contributed by atoms with van der Waals surface area (Å²) in [4.78, 5) is 32.6. The average molecular weight is 698 g/mol. The lowest BCUT2D eigenvalue weighted by Gasteiger charge is -2.25. The maximum Gasteiger partial charge on any atom is 0.338 e. The number of hydrogen-bond donors (Lipinski definition) is 0. The van der Waals surface area contributed by atoms with Crippen molar-refractivity contribution in [3.63, 3.8) is 0 Å². The van der Waals surface area contributed by atoms with E-state index in [1.807, 2.05) is 38.1 Å². The number of thiazole rings is 1. The number of methoxy groups -OCH3 is 2. The van der Waals surface area contributed by atoms with E-state index in [1.165, 1.54) is 30.1 Å². The van der Waals surface area contributed by atoms with E-state index in [9.17, 15) is 9.59 Å². The summed E-state index contributed by atoms with van der Waals surface area (Å²) in [6.07, 6.45) is 1.62. The van der Waals surface area contributed by atoms with Gasteiger partial charge in [-0.15, -0.1) is 0 Å². The molecule has 9 nitrogen and oxygen atoms in total. The van der Waals surface area contributed by atoms with E-state index in [2.05, 4.69) is 4.99 Å². The van der Waals surface area contributed by atoms with Gasteiger partial charge in [0.2, 0.25) is 0 Å². The first-order valence-electron chi connectivity index (χ1n) is 14.8. The molecular formula is C35H34Cl2N2O7S. The molecule has 3 aromatic carbocycles. The van der Waals surface area contributed by atoms with Crippen molar-refractivity contribution in [1.82, 2.24) is 4.57 Å². The summed E-state index contributed by atoms with van der Waals surface area (Å²) in [6, 6.07) is 15.3. The highest BCUT2D eigenvalue weighted by Gasteiger charge is 2.34. The average Bonchev–Trinajstić information content (AvgIpc) is 3.33. The van der Waals surface area contributed by atoms with Gasteiger partial charge in [-0.2, -0.15) is 0 Å². The van der Waals surface area contributed by atoms with Crippen LogP contribution in [0, 0.1) is 0 Å². The van der Waals surface area contributed by atoms with E-state index in [4.69, 9.17) is 46.9 Å². The number of fused-ring (bicyclic) bond motifs is 1. The molecule has 12 heteroatoms. The second-order valence-corrected chi connectivity index (χ2v) is 12.6. The Morgan fingerprint density at radius 2 is 1.77 bits per heavy atom. The number of allylic oxidation sites excluding steroid dienone is 1. The molecule has 0 unspecified atom stereocenters. The predicted octanol–water partition coefficient (Wildman–Crippen LogP) is 6.49. The summed E-state index contributed by atoms with van der Waals surface area (Å²) in [5.41, 5.74) is 2.40. The molecule has 5 rings (SSSR count). The number of ether oxygens (including phenoxy) is 5. The number of halogens is 2. The topological polar surface area (TPSA) is 97.6 Å². The molecule has 0 bridgehead atoms. The number of rotatable bonds is 11. The number of carbonyl (C=O) groups is 1. The fraction of sp³-hybridized carbons (Fsp3) is 0.286. The summed E-state index contributed by atoms with van der Waals surface area (Å²) in [6.45, 7) is 7.64. The van der Waals surface area contributed by atoms with Crippen LogP contribution < -0.4 is 33.8 Å². The van der Waals surface area contributed by atoms with Crippen LogP contribution in [0.3, 0.4) is 0 Å². The molecule has 1 aliphatic heterocycles. The van der Waals surface area contributed by atoms with Gasteiger partial charge in [0.25, 0.3) is 5.56 Å².